The van der Waals surface area contributed by atoms with Gasteiger partial charge >= 0.3 is 0 Å². The van der Waals surface area contributed by atoms with Gasteiger partial charge < -0.3 is 9.73 Å². The number of thiazole rings is 1. The van der Waals surface area contributed by atoms with E-state index in [1.165, 1.54) is 17.6 Å². The van der Waals surface area contributed by atoms with Gasteiger partial charge in [0, 0.05) is 17.0 Å². The highest BCUT2D eigenvalue weighted by Gasteiger charge is 2.14. The highest BCUT2D eigenvalue weighted by Crippen LogP contribution is 2.25. The number of aryl methyl sites for hydroxylation is 1. The van der Waals surface area contributed by atoms with E-state index in [2.05, 4.69) is 20.6 Å². The summed E-state index contributed by atoms with van der Waals surface area (Å²) < 4.78 is 5.04. The zero-order chi connectivity index (χ0) is 19.5. The molecule has 0 aliphatic carbocycles. The summed E-state index contributed by atoms with van der Waals surface area (Å²) in [6.07, 6.45) is 3.26. The second kappa shape index (κ2) is 7.61. The van der Waals surface area contributed by atoms with Crippen LogP contribution in [0.3, 0.4) is 0 Å². The number of pyridine rings is 1. The van der Waals surface area contributed by atoms with Crippen LogP contribution in [0.2, 0.25) is 0 Å². The van der Waals surface area contributed by atoms with E-state index in [0.29, 0.717) is 16.5 Å². The Balaban J connectivity index is 1.43. The summed E-state index contributed by atoms with van der Waals surface area (Å²) in [7, 11) is 0. The first kappa shape index (κ1) is 17.9. The molecule has 0 saturated heterocycles. The molecule has 0 radical (unpaired) electrons. The fourth-order valence-corrected chi connectivity index (χ4v) is 3.50. The van der Waals surface area contributed by atoms with E-state index in [1.54, 1.807) is 23.7 Å². The van der Waals surface area contributed by atoms with Crippen molar-refractivity contribution in [2.24, 2.45) is 0 Å². The van der Waals surface area contributed by atoms with Gasteiger partial charge in [-0.2, -0.15) is 0 Å². The Kier molecular flexibility index (Phi) is 4.86. The molecule has 0 unspecified atom stereocenters. The van der Waals surface area contributed by atoms with Crippen LogP contribution >= 0.6 is 11.3 Å². The fraction of sp³-hybridized carbons (Fsp3) is 0.100. The van der Waals surface area contributed by atoms with Crippen molar-refractivity contribution in [3.05, 3.63) is 71.3 Å². The molecule has 3 aromatic heterocycles. The second-order valence-corrected chi connectivity index (χ2v) is 6.99. The Hall–Kier alpha value is -3.52. The lowest BCUT2D eigenvalue weighted by Crippen LogP contribution is -2.15. The Morgan fingerprint density at radius 3 is 2.86 bits per heavy atom. The summed E-state index contributed by atoms with van der Waals surface area (Å²) in [6.45, 7) is 1.98. The molecule has 0 aliphatic rings. The van der Waals surface area contributed by atoms with Gasteiger partial charge in [0.15, 0.2) is 10.9 Å². The van der Waals surface area contributed by atoms with Crippen LogP contribution in [0.5, 0.6) is 0 Å². The molecule has 0 spiro atoms. The third-order valence-electron chi connectivity index (χ3n) is 4.10. The molecule has 3 heterocycles. The van der Waals surface area contributed by atoms with Crippen molar-refractivity contribution in [3.8, 4) is 0 Å². The smallest absolute Gasteiger partial charge is 0.293 e. The number of aromatic nitrogens is 2. The van der Waals surface area contributed by atoms with Crippen LogP contribution in [0.15, 0.2) is 58.7 Å². The average Bonchev–Trinajstić information content (AvgIpc) is 3.37. The number of fused-ring (bicyclic) bond motifs is 1. The molecule has 0 fully saturated rings. The van der Waals surface area contributed by atoms with Crippen LogP contribution in [-0.4, -0.2) is 21.8 Å². The molecule has 140 valence electrons. The first-order valence-electron chi connectivity index (χ1n) is 8.53. The van der Waals surface area contributed by atoms with Crippen molar-refractivity contribution in [2.45, 2.75) is 13.3 Å². The molecule has 1 aromatic carbocycles. The molecular weight excluding hydrogens is 376 g/mol. The maximum Gasteiger partial charge on any atom is 0.293 e. The van der Waals surface area contributed by atoms with Crippen LogP contribution in [0, 0.1) is 6.92 Å². The molecular formula is C20H16N4O3S. The lowest BCUT2D eigenvalue weighted by molar-refractivity contribution is -0.115. The minimum atomic E-state index is -0.381. The highest BCUT2D eigenvalue weighted by atomic mass is 32.1. The maximum absolute atomic E-state index is 12.5. The largest absolute Gasteiger partial charge is 0.459 e. The minimum absolute atomic E-state index is 0.1000. The number of benzene rings is 1. The van der Waals surface area contributed by atoms with Gasteiger partial charge in [-0.15, -0.1) is 11.3 Å². The summed E-state index contributed by atoms with van der Waals surface area (Å²) in [5.41, 5.74) is 3.19. The van der Waals surface area contributed by atoms with E-state index in [9.17, 15) is 9.59 Å². The van der Waals surface area contributed by atoms with E-state index in [0.717, 1.165) is 16.5 Å². The topological polar surface area (TPSA) is 97.1 Å². The van der Waals surface area contributed by atoms with Gasteiger partial charge in [0.1, 0.15) is 0 Å². The number of amides is 2. The number of furan rings is 1. The van der Waals surface area contributed by atoms with E-state index in [1.807, 2.05) is 31.2 Å². The quantitative estimate of drug-likeness (QED) is 0.534. The average molecular weight is 392 g/mol. The van der Waals surface area contributed by atoms with Crippen molar-refractivity contribution in [3.63, 3.8) is 0 Å². The van der Waals surface area contributed by atoms with Crippen LogP contribution in [0.25, 0.3) is 10.9 Å². The van der Waals surface area contributed by atoms with E-state index >= 15 is 0 Å². The van der Waals surface area contributed by atoms with E-state index in [4.69, 9.17) is 4.42 Å². The molecule has 7 nitrogen and oxygen atoms in total. The lowest BCUT2D eigenvalue weighted by Gasteiger charge is -2.09. The number of hydrogen-bond acceptors (Lipinski definition) is 6. The van der Waals surface area contributed by atoms with Gasteiger partial charge in [-0.3, -0.25) is 19.9 Å². The van der Waals surface area contributed by atoms with Crippen molar-refractivity contribution in [1.29, 1.82) is 0 Å². The third-order valence-corrected chi connectivity index (χ3v) is 4.91. The van der Waals surface area contributed by atoms with Gasteiger partial charge in [-0.25, -0.2) is 4.98 Å². The zero-order valence-corrected chi connectivity index (χ0v) is 15.7. The molecule has 0 bridgehead atoms. The minimum Gasteiger partial charge on any atom is -0.459 e. The molecule has 2 amide bonds. The summed E-state index contributed by atoms with van der Waals surface area (Å²) >= 11 is 1.25. The van der Waals surface area contributed by atoms with Gasteiger partial charge in [0.2, 0.25) is 5.91 Å². The standard InChI is InChI=1S/C20H16N4O3S/c1-12-6-7-15(14-4-2-8-21-18(12)14)23-17(25)10-13-11-28-20(22-13)24-19(26)16-5-3-9-27-16/h2-9,11H,10H2,1H3,(H,23,25)(H,22,24,26). The molecule has 0 aliphatic heterocycles. The fourth-order valence-electron chi connectivity index (χ4n) is 2.79. The van der Waals surface area contributed by atoms with Gasteiger partial charge in [0.05, 0.1) is 29.6 Å². The van der Waals surface area contributed by atoms with Crippen molar-refractivity contribution >= 4 is 44.9 Å². The van der Waals surface area contributed by atoms with Gasteiger partial charge in [-0.05, 0) is 42.8 Å². The second-order valence-electron chi connectivity index (χ2n) is 6.13. The molecule has 28 heavy (non-hydrogen) atoms. The normalized spacial score (nSPS) is 10.8. The maximum atomic E-state index is 12.5. The zero-order valence-electron chi connectivity index (χ0n) is 14.9. The Bertz CT molecular complexity index is 1150. The van der Waals surface area contributed by atoms with Crippen LogP contribution < -0.4 is 10.6 Å². The van der Waals surface area contributed by atoms with Crippen LogP contribution in [0.1, 0.15) is 21.8 Å². The Morgan fingerprint density at radius 1 is 1.14 bits per heavy atom. The Morgan fingerprint density at radius 2 is 2.04 bits per heavy atom. The number of rotatable bonds is 5. The number of hydrogen-bond donors (Lipinski definition) is 2. The van der Waals surface area contributed by atoms with Crippen LogP contribution in [-0.2, 0) is 11.2 Å². The van der Waals surface area contributed by atoms with Crippen molar-refractivity contribution in [2.75, 3.05) is 10.6 Å². The summed E-state index contributed by atoms with van der Waals surface area (Å²) in [5, 5.41) is 8.61. The summed E-state index contributed by atoms with van der Waals surface area (Å²) in [6, 6.07) is 10.8. The molecule has 4 aromatic rings. The number of nitrogens with zero attached hydrogens (tertiary/aromatic N) is 2. The lowest BCUT2D eigenvalue weighted by atomic mass is 10.1. The Labute approximate surface area is 164 Å². The first-order chi connectivity index (χ1) is 13.6. The van der Waals surface area contributed by atoms with Gasteiger partial charge in [0.25, 0.3) is 5.91 Å². The molecule has 2 N–H and O–H groups in total. The van der Waals surface area contributed by atoms with Crippen molar-refractivity contribution < 1.29 is 14.0 Å². The number of anilines is 2. The SMILES string of the molecule is Cc1ccc(NC(=O)Cc2csc(NC(=O)c3ccco3)n2)c2cccnc12. The summed E-state index contributed by atoms with van der Waals surface area (Å²) in [5.74, 6) is -0.369. The van der Waals surface area contributed by atoms with E-state index in [-0.39, 0.29) is 24.0 Å². The molecule has 8 heteroatoms. The molecule has 0 atom stereocenters. The monoisotopic (exact) mass is 392 g/mol. The van der Waals surface area contributed by atoms with E-state index < -0.39 is 0 Å². The van der Waals surface area contributed by atoms with Gasteiger partial charge in [-0.1, -0.05) is 6.07 Å². The highest BCUT2D eigenvalue weighted by molar-refractivity contribution is 7.14. The predicted octanol–water partition coefficient (Wildman–Crippen LogP) is 4.03. The number of nitrogens with one attached hydrogen (secondary N) is 2. The third kappa shape index (κ3) is 3.77. The predicted molar refractivity (Wildman–Crippen MR) is 108 cm³/mol. The molecule has 0 saturated carbocycles. The summed E-state index contributed by atoms with van der Waals surface area (Å²) in [4.78, 5) is 33.1. The number of carbonyl (C=O) groups is 2. The molecule has 4 rings (SSSR count). The first-order valence-corrected chi connectivity index (χ1v) is 9.41. The van der Waals surface area contributed by atoms with Crippen molar-refractivity contribution in [1.82, 2.24) is 9.97 Å². The number of carbonyl (C=O) groups excluding carboxylic acids is 2. The van der Waals surface area contributed by atoms with Crippen LogP contribution in [0.4, 0.5) is 10.8 Å².